The van der Waals surface area contributed by atoms with Crippen LogP contribution in [0.5, 0.6) is 5.75 Å². The van der Waals surface area contributed by atoms with Gasteiger partial charge in [-0.1, -0.05) is 41.7 Å². The Morgan fingerprint density at radius 1 is 1.14 bits per heavy atom. The topological polar surface area (TPSA) is 110 Å². The van der Waals surface area contributed by atoms with Gasteiger partial charge in [0, 0.05) is 11.3 Å². The van der Waals surface area contributed by atoms with Crippen LogP contribution in [0.1, 0.15) is 15.9 Å². The molecule has 8 nitrogen and oxygen atoms in total. The number of ether oxygens (including phenoxy) is 1. The normalized spacial score (nSPS) is 10.9. The third-order valence-electron chi connectivity index (χ3n) is 3.64. The van der Waals surface area contributed by atoms with E-state index >= 15 is 0 Å². The van der Waals surface area contributed by atoms with Gasteiger partial charge in [0.25, 0.3) is 20.3 Å². The van der Waals surface area contributed by atoms with Crippen molar-refractivity contribution in [2.45, 2.75) is 11.3 Å². The fourth-order valence-electron chi connectivity index (χ4n) is 2.22. The number of nitrogens with one attached hydrogen (secondary N) is 2. The van der Waals surface area contributed by atoms with Gasteiger partial charge in [-0.2, -0.15) is 8.42 Å². The molecule has 1 aromatic heterocycles. The summed E-state index contributed by atoms with van der Waals surface area (Å²) in [6, 6.07) is 13.4. The zero-order valence-electron chi connectivity index (χ0n) is 15.5. The van der Waals surface area contributed by atoms with Crippen molar-refractivity contribution in [3.63, 3.8) is 0 Å². The zero-order chi connectivity index (χ0) is 20.9. The molecule has 1 heterocycles. The summed E-state index contributed by atoms with van der Waals surface area (Å²) in [7, 11) is -3.94. The number of aromatic nitrogens is 2. The van der Waals surface area contributed by atoms with Crippen molar-refractivity contribution in [3.8, 4) is 5.75 Å². The molecule has 0 fully saturated rings. The van der Waals surface area contributed by atoms with E-state index in [1.807, 2.05) is 19.1 Å². The molecule has 0 aliphatic heterocycles. The van der Waals surface area contributed by atoms with E-state index < -0.39 is 15.9 Å². The Hall–Kier alpha value is -3.24. The lowest BCUT2D eigenvalue weighted by atomic mass is 10.1. The number of aryl methyl sites for hydroxylation is 1. The van der Waals surface area contributed by atoms with Gasteiger partial charge in [0.1, 0.15) is 12.4 Å². The molecule has 0 atom stereocenters. The van der Waals surface area contributed by atoms with E-state index in [9.17, 15) is 13.2 Å². The molecule has 2 N–H and O–H groups in total. The van der Waals surface area contributed by atoms with Crippen molar-refractivity contribution >= 4 is 38.1 Å². The third kappa shape index (κ3) is 5.39. The first-order valence-corrected chi connectivity index (χ1v) is 10.8. The van der Waals surface area contributed by atoms with Crippen molar-refractivity contribution in [1.29, 1.82) is 0 Å². The van der Waals surface area contributed by atoms with Crippen LogP contribution in [0.25, 0.3) is 0 Å². The Morgan fingerprint density at radius 3 is 2.48 bits per heavy atom. The summed E-state index contributed by atoms with van der Waals surface area (Å²) in [6.07, 6.45) is 1.61. The van der Waals surface area contributed by atoms with Gasteiger partial charge < -0.3 is 4.74 Å². The van der Waals surface area contributed by atoms with Crippen LogP contribution >= 0.6 is 11.3 Å². The highest BCUT2D eigenvalue weighted by Gasteiger charge is 2.21. The number of hydrogen-bond acceptors (Lipinski definition) is 7. The minimum Gasteiger partial charge on any atom is -0.490 e. The van der Waals surface area contributed by atoms with Crippen LogP contribution in [-0.4, -0.2) is 31.1 Å². The van der Waals surface area contributed by atoms with Crippen molar-refractivity contribution in [2.24, 2.45) is 0 Å². The van der Waals surface area contributed by atoms with Gasteiger partial charge in [-0.25, -0.2) is 0 Å². The average Bonchev–Trinajstić information content (AvgIpc) is 3.17. The quantitative estimate of drug-likeness (QED) is 0.418. The summed E-state index contributed by atoms with van der Waals surface area (Å²) < 4.78 is 32.5. The number of anilines is 2. The number of carbonyl (C=O) groups excluding carboxylic acids is 1. The van der Waals surface area contributed by atoms with Gasteiger partial charge >= 0.3 is 0 Å². The highest BCUT2D eigenvalue weighted by atomic mass is 32.2. The molecule has 3 aromatic rings. The number of benzene rings is 2. The van der Waals surface area contributed by atoms with Crippen molar-refractivity contribution in [3.05, 3.63) is 72.3 Å². The van der Waals surface area contributed by atoms with Gasteiger partial charge in [0.05, 0.1) is 0 Å². The lowest BCUT2D eigenvalue weighted by Gasteiger charge is -2.07. The third-order valence-corrected chi connectivity index (χ3v) is 6.23. The average molecular weight is 431 g/mol. The number of hydrogen-bond donors (Lipinski definition) is 2. The molecule has 0 saturated carbocycles. The highest BCUT2D eigenvalue weighted by molar-refractivity contribution is 7.94. The van der Waals surface area contributed by atoms with E-state index in [1.54, 1.807) is 42.5 Å². The summed E-state index contributed by atoms with van der Waals surface area (Å²) in [5.41, 5.74) is 1.81. The van der Waals surface area contributed by atoms with E-state index in [4.69, 9.17) is 4.74 Å². The Labute approximate surface area is 172 Å². The fraction of sp³-hybridized carbons (Fsp3) is 0.105. The second-order valence-corrected chi connectivity index (χ2v) is 8.76. The lowest BCUT2D eigenvalue weighted by Crippen LogP contribution is -2.12. The molecule has 150 valence electrons. The number of rotatable bonds is 8. The molecule has 0 aliphatic rings. The standard InChI is InChI=1S/C19H18N4O4S2/c1-3-12-27-16-10-8-15(9-11-16)23-29(25,26)19-22-21-18(28-19)20-17(24)14-6-4-13(2)5-7-14/h3-11,23H,1,12H2,2H3,(H,20,21,24). The van der Waals surface area contributed by atoms with Crippen LogP contribution < -0.4 is 14.8 Å². The molecule has 0 unspecified atom stereocenters. The Bertz CT molecular complexity index is 1110. The summed E-state index contributed by atoms with van der Waals surface area (Å²) in [4.78, 5) is 12.2. The van der Waals surface area contributed by atoms with Crippen LogP contribution in [-0.2, 0) is 10.0 Å². The maximum Gasteiger partial charge on any atom is 0.291 e. The Kier molecular flexibility index (Phi) is 6.25. The van der Waals surface area contributed by atoms with Crippen LogP contribution in [0.3, 0.4) is 0 Å². The molecule has 1 amide bonds. The number of nitrogens with zero attached hydrogens (tertiary/aromatic N) is 2. The smallest absolute Gasteiger partial charge is 0.291 e. The molecule has 2 aromatic carbocycles. The van der Waals surface area contributed by atoms with Crippen molar-refractivity contribution in [2.75, 3.05) is 16.6 Å². The molecule has 29 heavy (non-hydrogen) atoms. The Balaban J connectivity index is 1.67. The number of amides is 1. The SMILES string of the molecule is C=CCOc1ccc(NS(=O)(=O)c2nnc(NC(=O)c3ccc(C)cc3)s2)cc1. The van der Waals surface area contributed by atoms with Gasteiger partial charge in [-0.15, -0.1) is 10.2 Å². The molecule has 0 saturated heterocycles. The molecule has 0 radical (unpaired) electrons. The van der Waals surface area contributed by atoms with Gasteiger partial charge in [-0.3, -0.25) is 14.8 Å². The highest BCUT2D eigenvalue weighted by Crippen LogP contribution is 2.24. The molecule has 0 bridgehead atoms. The predicted molar refractivity (Wildman–Crippen MR) is 112 cm³/mol. The van der Waals surface area contributed by atoms with Crippen LogP contribution in [0.4, 0.5) is 10.8 Å². The lowest BCUT2D eigenvalue weighted by molar-refractivity contribution is 0.102. The van der Waals surface area contributed by atoms with Gasteiger partial charge in [0.15, 0.2) is 0 Å². The first-order valence-electron chi connectivity index (χ1n) is 8.45. The maximum atomic E-state index is 12.5. The summed E-state index contributed by atoms with van der Waals surface area (Å²) in [5.74, 6) is 0.193. The number of sulfonamides is 1. The second-order valence-electron chi connectivity index (χ2n) is 5.92. The molecule has 3 rings (SSSR count). The second kappa shape index (κ2) is 8.84. The maximum absolute atomic E-state index is 12.5. The predicted octanol–water partition coefficient (Wildman–Crippen LogP) is 3.46. The summed E-state index contributed by atoms with van der Waals surface area (Å²) in [6.45, 7) is 5.83. The fourth-order valence-corrected chi connectivity index (χ4v) is 4.17. The van der Waals surface area contributed by atoms with E-state index in [0.29, 0.717) is 23.6 Å². The number of carbonyl (C=O) groups is 1. The zero-order valence-corrected chi connectivity index (χ0v) is 17.1. The molecular weight excluding hydrogens is 412 g/mol. The largest absolute Gasteiger partial charge is 0.490 e. The molecule has 10 heteroatoms. The summed E-state index contributed by atoms with van der Waals surface area (Å²) in [5, 5.41) is 10.1. The summed E-state index contributed by atoms with van der Waals surface area (Å²) >= 11 is 0.759. The first-order chi connectivity index (χ1) is 13.9. The molecular formula is C19H18N4O4S2. The van der Waals surface area contributed by atoms with Crippen LogP contribution in [0, 0.1) is 6.92 Å². The van der Waals surface area contributed by atoms with Gasteiger partial charge in [0.2, 0.25) is 5.13 Å². The van der Waals surface area contributed by atoms with Gasteiger partial charge in [-0.05, 0) is 43.3 Å². The van der Waals surface area contributed by atoms with E-state index in [0.717, 1.165) is 16.9 Å². The minimum absolute atomic E-state index is 0.0872. The Morgan fingerprint density at radius 2 is 1.83 bits per heavy atom. The first kappa shape index (κ1) is 20.5. The molecule has 0 spiro atoms. The minimum atomic E-state index is -3.94. The van der Waals surface area contributed by atoms with E-state index in [1.165, 1.54) is 0 Å². The molecule has 0 aliphatic carbocycles. The van der Waals surface area contributed by atoms with E-state index in [-0.39, 0.29) is 9.47 Å². The van der Waals surface area contributed by atoms with E-state index in [2.05, 4.69) is 26.8 Å². The monoisotopic (exact) mass is 430 g/mol. The van der Waals surface area contributed by atoms with Crippen LogP contribution in [0.15, 0.2) is 65.5 Å². The van der Waals surface area contributed by atoms with Crippen molar-refractivity contribution < 1.29 is 17.9 Å². The van der Waals surface area contributed by atoms with Crippen LogP contribution in [0.2, 0.25) is 0 Å². The van der Waals surface area contributed by atoms with Crippen molar-refractivity contribution in [1.82, 2.24) is 10.2 Å².